The van der Waals surface area contributed by atoms with Crippen LogP contribution in [-0.2, 0) is 17.6 Å². The molecule has 1 aliphatic rings. The molecule has 1 aliphatic carbocycles. The molecular formula is C20H22N2O2S2. The Hall–Kier alpha value is -1.97. The van der Waals surface area contributed by atoms with Crippen LogP contribution in [0.4, 0.5) is 5.00 Å². The van der Waals surface area contributed by atoms with Gasteiger partial charge in [0.1, 0.15) is 16.8 Å². The van der Waals surface area contributed by atoms with Gasteiger partial charge in [0.2, 0.25) is 5.91 Å². The number of methoxy groups -OCH3 is 1. The third kappa shape index (κ3) is 4.60. The number of nitrogens with zero attached hydrogens (tertiary/aromatic N) is 1. The van der Waals surface area contributed by atoms with E-state index in [9.17, 15) is 10.1 Å². The average Bonchev–Trinajstić information content (AvgIpc) is 3.02. The molecule has 1 aromatic carbocycles. The summed E-state index contributed by atoms with van der Waals surface area (Å²) in [4.78, 5) is 14.7. The third-order valence-corrected chi connectivity index (χ3v) is 6.72. The minimum Gasteiger partial charge on any atom is -0.497 e. The zero-order valence-corrected chi connectivity index (χ0v) is 16.5. The van der Waals surface area contributed by atoms with Crippen LogP contribution in [0.5, 0.6) is 5.75 Å². The summed E-state index contributed by atoms with van der Waals surface area (Å²) in [7, 11) is 1.66. The highest BCUT2D eigenvalue weighted by Gasteiger charge is 2.21. The van der Waals surface area contributed by atoms with Gasteiger partial charge in [0.25, 0.3) is 0 Å². The Bertz CT molecular complexity index is 806. The van der Waals surface area contributed by atoms with Gasteiger partial charge >= 0.3 is 0 Å². The second-order valence-corrected chi connectivity index (χ2v) is 8.48. The molecule has 4 nitrogen and oxygen atoms in total. The molecule has 0 atom stereocenters. The lowest BCUT2D eigenvalue weighted by Gasteiger charge is -2.09. The zero-order chi connectivity index (χ0) is 18.4. The molecule has 136 valence electrons. The fourth-order valence-electron chi connectivity index (χ4n) is 3.06. The molecule has 0 unspecified atom stereocenters. The fourth-order valence-corrected chi connectivity index (χ4v) is 5.16. The van der Waals surface area contributed by atoms with Gasteiger partial charge in [-0.1, -0.05) is 0 Å². The second-order valence-electron chi connectivity index (χ2n) is 6.20. The van der Waals surface area contributed by atoms with Crippen molar-refractivity contribution in [1.29, 1.82) is 5.26 Å². The Morgan fingerprint density at radius 3 is 2.81 bits per heavy atom. The summed E-state index contributed by atoms with van der Waals surface area (Å²) in [5.74, 6) is 1.72. The lowest BCUT2D eigenvalue weighted by atomic mass is 9.96. The number of benzene rings is 1. The maximum atomic E-state index is 12.2. The van der Waals surface area contributed by atoms with E-state index in [0.717, 1.165) is 47.8 Å². The number of anilines is 1. The van der Waals surface area contributed by atoms with E-state index in [2.05, 4.69) is 11.4 Å². The molecule has 0 saturated carbocycles. The van der Waals surface area contributed by atoms with Gasteiger partial charge < -0.3 is 10.1 Å². The van der Waals surface area contributed by atoms with Crippen molar-refractivity contribution in [1.82, 2.24) is 0 Å². The maximum Gasteiger partial charge on any atom is 0.225 e. The highest BCUT2D eigenvalue weighted by Crippen LogP contribution is 2.37. The molecule has 3 rings (SSSR count). The average molecular weight is 387 g/mol. The van der Waals surface area contributed by atoms with Gasteiger partial charge in [-0.25, -0.2) is 0 Å². The molecule has 2 aromatic rings. The van der Waals surface area contributed by atoms with Crippen LogP contribution < -0.4 is 10.1 Å². The standard InChI is InChI=1S/C20H22N2O2S2/c1-24-14-8-10-15(11-9-14)25-12-4-7-19(23)22-20-17(13-21)16-5-2-3-6-18(16)26-20/h8-11H,2-7,12H2,1H3,(H,22,23). The summed E-state index contributed by atoms with van der Waals surface area (Å²) in [5, 5.41) is 13.2. The number of thiophene rings is 1. The third-order valence-electron chi connectivity index (χ3n) is 4.41. The van der Waals surface area contributed by atoms with Gasteiger partial charge in [-0.3, -0.25) is 4.79 Å². The van der Waals surface area contributed by atoms with E-state index in [1.54, 1.807) is 30.2 Å². The molecule has 0 radical (unpaired) electrons. The predicted octanol–water partition coefficient (Wildman–Crippen LogP) is 5.02. The van der Waals surface area contributed by atoms with Crippen molar-refractivity contribution >= 4 is 34.0 Å². The van der Waals surface area contributed by atoms with Gasteiger partial charge in [-0.15, -0.1) is 23.1 Å². The number of fused-ring (bicyclic) bond motifs is 1. The number of ether oxygens (including phenoxy) is 1. The SMILES string of the molecule is COc1ccc(SCCCC(=O)Nc2sc3c(c2C#N)CCCC3)cc1. The zero-order valence-electron chi connectivity index (χ0n) is 14.8. The Kier molecular flexibility index (Phi) is 6.59. The Morgan fingerprint density at radius 2 is 2.08 bits per heavy atom. The minimum absolute atomic E-state index is 0.00423. The highest BCUT2D eigenvalue weighted by atomic mass is 32.2. The van der Waals surface area contributed by atoms with Crippen LogP contribution in [0.3, 0.4) is 0 Å². The largest absolute Gasteiger partial charge is 0.497 e. The van der Waals surface area contributed by atoms with E-state index >= 15 is 0 Å². The van der Waals surface area contributed by atoms with Crippen molar-refractivity contribution in [2.75, 3.05) is 18.2 Å². The van der Waals surface area contributed by atoms with Crippen LogP contribution >= 0.6 is 23.1 Å². The van der Waals surface area contributed by atoms with Crippen molar-refractivity contribution in [3.05, 3.63) is 40.3 Å². The van der Waals surface area contributed by atoms with Crippen LogP contribution in [0.2, 0.25) is 0 Å². The molecular weight excluding hydrogens is 364 g/mol. The Morgan fingerprint density at radius 1 is 1.31 bits per heavy atom. The van der Waals surface area contributed by atoms with Crippen molar-refractivity contribution in [3.63, 3.8) is 0 Å². The Labute approximate surface area is 162 Å². The van der Waals surface area contributed by atoms with Crippen LogP contribution in [0.1, 0.15) is 41.7 Å². The molecule has 0 saturated heterocycles. The van der Waals surface area contributed by atoms with Crippen LogP contribution in [0.25, 0.3) is 0 Å². The minimum atomic E-state index is -0.00423. The summed E-state index contributed by atoms with van der Waals surface area (Å²) in [6.07, 6.45) is 5.57. The molecule has 0 bridgehead atoms. The first kappa shape index (κ1) is 18.8. The summed E-state index contributed by atoms with van der Waals surface area (Å²) < 4.78 is 5.15. The summed E-state index contributed by atoms with van der Waals surface area (Å²) in [5.41, 5.74) is 1.85. The number of hydrogen-bond donors (Lipinski definition) is 1. The fraction of sp³-hybridized carbons (Fsp3) is 0.400. The monoisotopic (exact) mass is 386 g/mol. The number of carbonyl (C=O) groups excluding carboxylic acids is 1. The van der Waals surface area contributed by atoms with E-state index in [-0.39, 0.29) is 5.91 Å². The number of aryl methyl sites for hydroxylation is 1. The van der Waals surface area contributed by atoms with Gasteiger partial charge in [-0.05, 0) is 67.7 Å². The summed E-state index contributed by atoms with van der Waals surface area (Å²) in [6, 6.07) is 10.2. The molecule has 26 heavy (non-hydrogen) atoms. The van der Waals surface area contributed by atoms with Gasteiger partial charge in [0.05, 0.1) is 12.7 Å². The number of amides is 1. The first-order valence-corrected chi connectivity index (χ1v) is 10.6. The number of nitriles is 1. The number of rotatable bonds is 7. The maximum absolute atomic E-state index is 12.2. The van der Waals surface area contributed by atoms with Crippen LogP contribution in [0.15, 0.2) is 29.2 Å². The lowest BCUT2D eigenvalue weighted by Crippen LogP contribution is -2.11. The first-order valence-electron chi connectivity index (χ1n) is 8.82. The smallest absolute Gasteiger partial charge is 0.225 e. The molecule has 1 amide bonds. The van der Waals surface area contributed by atoms with Gasteiger partial charge in [0.15, 0.2) is 0 Å². The van der Waals surface area contributed by atoms with Crippen molar-refractivity contribution in [2.45, 2.75) is 43.4 Å². The lowest BCUT2D eigenvalue weighted by molar-refractivity contribution is -0.116. The molecule has 0 aliphatic heterocycles. The number of thioether (sulfide) groups is 1. The first-order chi connectivity index (χ1) is 12.7. The molecule has 0 fully saturated rings. The van der Waals surface area contributed by atoms with Crippen molar-refractivity contribution in [3.8, 4) is 11.8 Å². The van der Waals surface area contributed by atoms with Crippen molar-refractivity contribution in [2.24, 2.45) is 0 Å². The Balaban J connectivity index is 1.47. The summed E-state index contributed by atoms with van der Waals surface area (Å²) >= 11 is 3.32. The van der Waals surface area contributed by atoms with Gasteiger partial charge in [0, 0.05) is 16.2 Å². The van der Waals surface area contributed by atoms with E-state index in [0.29, 0.717) is 12.0 Å². The number of carbonyl (C=O) groups is 1. The van der Waals surface area contributed by atoms with Crippen LogP contribution in [-0.4, -0.2) is 18.8 Å². The van der Waals surface area contributed by atoms with Crippen LogP contribution in [0, 0.1) is 11.3 Å². The van der Waals surface area contributed by atoms with E-state index in [4.69, 9.17) is 4.74 Å². The molecule has 1 heterocycles. The van der Waals surface area contributed by atoms with E-state index in [1.807, 2.05) is 24.3 Å². The molecule has 6 heteroatoms. The topological polar surface area (TPSA) is 62.1 Å². The normalized spacial score (nSPS) is 12.9. The quantitative estimate of drug-likeness (QED) is 0.536. The number of nitrogens with one attached hydrogen (secondary N) is 1. The van der Waals surface area contributed by atoms with Gasteiger partial charge in [-0.2, -0.15) is 5.26 Å². The predicted molar refractivity (Wildman–Crippen MR) is 107 cm³/mol. The summed E-state index contributed by atoms with van der Waals surface area (Å²) in [6.45, 7) is 0. The molecule has 1 N–H and O–H groups in total. The molecule has 1 aromatic heterocycles. The molecule has 0 spiro atoms. The van der Waals surface area contributed by atoms with Crippen molar-refractivity contribution < 1.29 is 9.53 Å². The second kappa shape index (κ2) is 9.11. The highest BCUT2D eigenvalue weighted by molar-refractivity contribution is 7.99. The number of hydrogen-bond acceptors (Lipinski definition) is 5. The van der Waals surface area contributed by atoms with E-state index < -0.39 is 0 Å². The van der Waals surface area contributed by atoms with E-state index in [1.165, 1.54) is 16.2 Å².